The van der Waals surface area contributed by atoms with Crippen molar-refractivity contribution in [1.82, 2.24) is 4.90 Å². The van der Waals surface area contributed by atoms with E-state index in [-0.39, 0.29) is 17.7 Å². The fourth-order valence-corrected chi connectivity index (χ4v) is 3.27. The third-order valence-corrected chi connectivity index (χ3v) is 5.02. The molecular weight excluding hydrogens is 356 g/mol. The average molecular weight is 382 g/mol. The van der Waals surface area contributed by atoms with E-state index < -0.39 is 0 Å². The summed E-state index contributed by atoms with van der Waals surface area (Å²) in [7, 11) is 3.16. The molecule has 2 aromatic rings. The van der Waals surface area contributed by atoms with Crippen LogP contribution in [0.25, 0.3) is 5.57 Å². The number of methoxy groups -OCH3 is 2. The Kier molecular flexibility index (Phi) is 6.21. The van der Waals surface area contributed by atoms with Crippen LogP contribution >= 0.6 is 0 Å². The number of phenols is 1. The van der Waals surface area contributed by atoms with Crippen molar-refractivity contribution >= 4 is 17.2 Å². The number of amides is 1. The van der Waals surface area contributed by atoms with Gasteiger partial charge in [0.15, 0.2) is 0 Å². The van der Waals surface area contributed by atoms with Crippen LogP contribution in [-0.4, -0.2) is 49.3 Å². The van der Waals surface area contributed by atoms with Gasteiger partial charge in [-0.2, -0.15) is 0 Å². The molecule has 0 aromatic heterocycles. The number of anilines is 1. The number of benzene rings is 2. The molecule has 2 N–H and O–H groups in total. The summed E-state index contributed by atoms with van der Waals surface area (Å²) in [5, 5.41) is 12.4. The van der Waals surface area contributed by atoms with Gasteiger partial charge in [-0.05, 0) is 36.6 Å². The number of nitrogens with zero attached hydrogens (tertiary/aromatic N) is 1. The van der Waals surface area contributed by atoms with Gasteiger partial charge in [-0.3, -0.25) is 9.69 Å². The van der Waals surface area contributed by atoms with Crippen LogP contribution in [0.3, 0.4) is 0 Å². The Morgan fingerprint density at radius 3 is 2.29 bits per heavy atom. The Hall–Kier alpha value is -2.99. The van der Waals surface area contributed by atoms with Crippen LogP contribution in [0.15, 0.2) is 48.5 Å². The second kappa shape index (κ2) is 8.80. The number of aromatic hydroxyl groups is 1. The molecule has 0 aliphatic carbocycles. The van der Waals surface area contributed by atoms with Gasteiger partial charge in [0.1, 0.15) is 17.2 Å². The first-order valence-corrected chi connectivity index (χ1v) is 9.26. The van der Waals surface area contributed by atoms with E-state index in [2.05, 4.69) is 16.3 Å². The van der Waals surface area contributed by atoms with E-state index in [0.717, 1.165) is 18.5 Å². The minimum absolute atomic E-state index is 0.0724. The maximum atomic E-state index is 12.7. The van der Waals surface area contributed by atoms with Crippen LogP contribution < -0.4 is 14.8 Å². The van der Waals surface area contributed by atoms with Crippen molar-refractivity contribution in [2.45, 2.75) is 19.4 Å². The molecule has 1 amide bonds. The quantitative estimate of drug-likeness (QED) is 0.800. The van der Waals surface area contributed by atoms with Gasteiger partial charge in [-0.25, -0.2) is 0 Å². The first kappa shape index (κ1) is 19.8. The summed E-state index contributed by atoms with van der Waals surface area (Å²) in [4.78, 5) is 14.9. The van der Waals surface area contributed by atoms with Gasteiger partial charge in [0.25, 0.3) is 0 Å². The summed E-state index contributed by atoms with van der Waals surface area (Å²) in [6.45, 7) is 3.40. The second-order valence-electron chi connectivity index (χ2n) is 6.79. The van der Waals surface area contributed by atoms with Gasteiger partial charge < -0.3 is 19.9 Å². The van der Waals surface area contributed by atoms with E-state index in [1.54, 1.807) is 44.6 Å². The van der Waals surface area contributed by atoms with Crippen molar-refractivity contribution in [2.75, 3.05) is 32.6 Å². The van der Waals surface area contributed by atoms with Crippen molar-refractivity contribution in [2.24, 2.45) is 0 Å². The standard InChI is InChI=1S/C22H26N2O4/c1-15(22(26)23-18-12-20(27-2)14-21(13-18)28-3)24-10-8-17(9-11-24)16-4-6-19(25)7-5-16/h4-8,12-15,25H,9-11H2,1-3H3,(H,23,26). The number of ether oxygens (including phenoxy) is 2. The van der Waals surface area contributed by atoms with Crippen LogP contribution in [-0.2, 0) is 4.79 Å². The fraction of sp³-hybridized carbons (Fsp3) is 0.318. The van der Waals surface area contributed by atoms with Gasteiger partial charge in [-0.15, -0.1) is 0 Å². The molecule has 148 valence electrons. The molecule has 1 aliphatic heterocycles. The summed E-state index contributed by atoms with van der Waals surface area (Å²) < 4.78 is 10.5. The zero-order valence-corrected chi connectivity index (χ0v) is 16.4. The number of carbonyl (C=O) groups excluding carboxylic acids is 1. The first-order valence-electron chi connectivity index (χ1n) is 9.26. The molecule has 2 aromatic carbocycles. The molecule has 3 rings (SSSR count). The van der Waals surface area contributed by atoms with E-state index in [9.17, 15) is 9.90 Å². The lowest BCUT2D eigenvalue weighted by molar-refractivity contribution is -0.120. The van der Waals surface area contributed by atoms with E-state index >= 15 is 0 Å². The van der Waals surface area contributed by atoms with Crippen molar-refractivity contribution in [3.05, 3.63) is 54.1 Å². The number of nitrogens with one attached hydrogen (secondary N) is 1. The number of phenolic OH excluding ortho intramolecular Hbond substituents is 1. The highest BCUT2D eigenvalue weighted by Crippen LogP contribution is 2.27. The topological polar surface area (TPSA) is 71.0 Å². The molecule has 0 radical (unpaired) electrons. The zero-order chi connectivity index (χ0) is 20.1. The van der Waals surface area contributed by atoms with E-state index in [4.69, 9.17) is 9.47 Å². The highest BCUT2D eigenvalue weighted by Gasteiger charge is 2.23. The summed E-state index contributed by atoms with van der Waals surface area (Å²) in [6.07, 6.45) is 3.00. The molecular formula is C22H26N2O4. The van der Waals surface area contributed by atoms with Crippen molar-refractivity contribution < 1.29 is 19.4 Å². The van der Waals surface area contributed by atoms with Gasteiger partial charge in [0, 0.05) is 37.0 Å². The molecule has 0 bridgehead atoms. The minimum Gasteiger partial charge on any atom is -0.508 e. The molecule has 0 fully saturated rings. The Labute approximate surface area is 165 Å². The third-order valence-electron chi connectivity index (χ3n) is 5.02. The minimum atomic E-state index is -0.269. The predicted molar refractivity (Wildman–Crippen MR) is 110 cm³/mol. The molecule has 1 heterocycles. The highest BCUT2D eigenvalue weighted by molar-refractivity contribution is 5.95. The molecule has 1 atom stereocenters. The van der Waals surface area contributed by atoms with Crippen LogP contribution in [0.5, 0.6) is 17.2 Å². The summed E-state index contributed by atoms with van der Waals surface area (Å²) in [5.41, 5.74) is 2.99. The van der Waals surface area contributed by atoms with Crippen LogP contribution in [0, 0.1) is 0 Å². The number of rotatable bonds is 6. The Balaban J connectivity index is 1.64. The third kappa shape index (κ3) is 4.64. The highest BCUT2D eigenvalue weighted by atomic mass is 16.5. The normalized spacial score (nSPS) is 15.5. The fourth-order valence-electron chi connectivity index (χ4n) is 3.27. The van der Waals surface area contributed by atoms with Gasteiger partial charge in [0.05, 0.1) is 20.3 Å². The molecule has 1 unspecified atom stereocenters. The summed E-state index contributed by atoms with van der Waals surface area (Å²) in [5.74, 6) is 1.45. The SMILES string of the molecule is COc1cc(NC(=O)C(C)N2CC=C(c3ccc(O)cc3)CC2)cc(OC)c1. The Bertz CT molecular complexity index is 839. The molecule has 0 spiro atoms. The van der Waals surface area contributed by atoms with Gasteiger partial charge in [0.2, 0.25) is 5.91 Å². The summed E-state index contributed by atoms with van der Waals surface area (Å²) >= 11 is 0. The number of carbonyl (C=O) groups is 1. The van der Waals surface area contributed by atoms with E-state index in [1.165, 1.54) is 5.57 Å². The van der Waals surface area contributed by atoms with Crippen molar-refractivity contribution in [3.63, 3.8) is 0 Å². The monoisotopic (exact) mass is 382 g/mol. The van der Waals surface area contributed by atoms with E-state index in [1.807, 2.05) is 19.1 Å². The van der Waals surface area contributed by atoms with Crippen molar-refractivity contribution in [1.29, 1.82) is 0 Å². The first-order chi connectivity index (χ1) is 13.5. The number of hydrogen-bond donors (Lipinski definition) is 2. The van der Waals surface area contributed by atoms with Gasteiger partial charge >= 0.3 is 0 Å². The van der Waals surface area contributed by atoms with Crippen LogP contribution in [0.2, 0.25) is 0 Å². The Morgan fingerprint density at radius 1 is 1.11 bits per heavy atom. The lowest BCUT2D eigenvalue weighted by Gasteiger charge is -2.31. The van der Waals surface area contributed by atoms with E-state index in [0.29, 0.717) is 23.7 Å². The lowest BCUT2D eigenvalue weighted by Crippen LogP contribution is -2.44. The predicted octanol–water partition coefficient (Wildman–Crippen LogP) is 3.53. The molecule has 0 saturated heterocycles. The van der Waals surface area contributed by atoms with Crippen molar-refractivity contribution in [3.8, 4) is 17.2 Å². The maximum absolute atomic E-state index is 12.7. The maximum Gasteiger partial charge on any atom is 0.241 e. The second-order valence-corrected chi connectivity index (χ2v) is 6.79. The molecule has 28 heavy (non-hydrogen) atoms. The smallest absolute Gasteiger partial charge is 0.241 e. The number of hydrogen-bond acceptors (Lipinski definition) is 5. The lowest BCUT2D eigenvalue weighted by atomic mass is 9.98. The summed E-state index contributed by atoms with van der Waals surface area (Å²) in [6, 6.07) is 12.3. The molecule has 0 saturated carbocycles. The zero-order valence-electron chi connectivity index (χ0n) is 16.4. The largest absolute Gasteiger partial charge is 0.508 e. The average Bonchev–Trinajstić information content (AvgIpc) is 2.73. The van der Waals surface area contributed by atoms with Crippen LogP contribution in [0.1, 0.15) is 18.9 Å². The molecule has 1 aliphatic rings. The molecule has 6 heteroatoms. The van der Waals surface area contributed by atoms with Crippen LogP contribution in [0.4, 0.5) is 5.69 Å². The molecule has 6 nitrogen and oxygen atoms in total. The Morgan fingerprint density at radius 2 is 1.75 bits per heavy atom. The van der Waals surface area contributed by atoms with Gasteiger partial charge in [-0.1, -0.05) is 18.2 Å².